The zero-order chi connectivity index (χ0) is 16.4. The lowest BCUT2D eigenvalue weighted by atomic mass is 10.2. The van der Waals surface area contributed by atoms with Crippen molar-refractivity contribution in [2.75, 3.05) is 0 Å². The van der Waals surface area contributed by atoms with Gasteiger partial charge in [-0.05, 0) is 59.0 Å². The van der Waals surface area contributed by atoms with Crippen LogP contribution in [0.5, 0.6) is 0 Å². The van der Waals surface area contributed by atoms with Crippen LogP contribution in [-0.4, -0.2) is 20.4 Å². The molecule has 0 saturated heterocycles. The molecule has 9 heteroatoms. The van der Waals surface area contributed by atoms with E-state index in [0.717, 1.165) is 24.3 Å². The fourth-order valence-corrected chi connectivity index (χ4v) is 1.94. The number of nitrogens with zero attached hydrogens (tertiary/aromatic N) is 4. The number of aromatic nitrogens is 4. The van der Waals surface area contributed by atoms with Gasteiger partial charge in [-0.1, -0.05) is 16.4 Å². The molecule has 0 N–H and O–H groups in total. The normalized spacial score (nSPS) is 11.5. The lowest BCUT2D eigenvalue weighted by molar-refractivity contribution is -0.255. The molecule has 0 aliphatic rings. The van der Waals surface area contributed by atoms with Crippen molar-refractivity contribution in [3.8, 4) is 11.4 Å². The first kappa shape index (κ1) is 15.3. The number of hydrogen-bond donors (Lipinski definition) is 0. The van der Waals surface area contributed by atoms with Gasteiger partial charge >= 0.3 is 6.11 Å². The highest BCUT2D eigenvalue weighted by Gasteiger charge is 2.36. The van der Waals surface area contributed by atoms with E-state index in [1.165, 1.54) is 24.3 Å². The summed E-state index contributed by atoms with van der Waals surface area (Å²) in [7, 11) is 0. The van der Waals surface area contributed by atoms with Crippen LogP contribution in [-0.2, 0) is 6.11 Å². The molecule has 0 spiro atoms. The van der Waals surface area contributed by atoms with Gasteiger partial charge in [-0.15, -0.1) is 5.10 Å². The van der Waals surface area contributed by atoms with Crippen molar-refractivity contribution in [2.24, 2.45) is 0 Å². The molecular formula is C14H8ClF3N4O. The fourth-order valence-electron chi connectivity index (χ4n) is 1.81. The van der Waals surface area contributed by atoms with E-state index in [1.54, 1.807) is 0 Å². The van der Waals surface area contributed by atoms with Crippen LogP contribution in [0.1, 0.15) is 5.56 Å². The summed E-state index contributed by atoms with van der Waals surface area (Å²) in [5, 5.41) is 10.6. The van der Waals surface area contributed by atoms with Crippen molar-refractivity contribution in [2.45, 2.75) is 6.11 Å². The third kappa shape index (κ3) is 3.26. The van der Waals surface area contributed by atoms with Crippen molar-refractivity contribution in [1.29, 1.82) is 0 Å². The van der Waals surface area contributed by atoms with Gasteiger partial charge in [-0.25, -0.2) is 4.39 Å². The molecule has 0 bridgehead atoms. The highest BCUT2D eigenvalue weighted by molar-refractivity contribution is 6.30. The molecule has 3 rings (SSSR count). The lowest BCUT2D eigenvalue weighted by Crippen LogP contribution is -2.31. The van der Waals surface area contributed by atoms with Crippen molar-refractivity contribution < 1.29 is 18.0 Å². The van der Waals surface area contributed by atoms with Crippen LogP contribution in [0.15, 0.2) is 48.5 Å². The van der Waals surface area contributed by atoms with Gasteiger partial charge in [0.15, 0.2) is 0 Å². The molecule has 1 heterocycles. The summed E-state index contributed by atoms with van der Waals surface area (Å²) in [6, 6.07) is 9.90. The summed E-state index contributed by atoms with van der Waals surface area (Å²) < 4.78 is 41.3. The van der Waals surface area contributed by atoms with Gasteiger partial charge in [0.1, 0.15) is 5.82 Å². The average Bonchev–Trinajstić information content (AvgIpc) is 2.96. The molecule has 0 fully saturated rings. The molecule has 0 aliphatic carbocycles. The minimum Gasteiger partial charge on any atom is -0.316 e. The summed E-state index contributed by atoms with van der Waals surface area (Å²) in [4.78, 5) is 5.08. The van der Waals surface area contributed by atoms with Gasteiger partial charge in [0.2, 0.25) is 5.82 Å². The number of rotatable bonds is 4. The van der Waals surface area contributed by atoms with E-state index in [4.69, 9.17) is 11.6 Å². The monoisotopic (exact) mass is 340 g/mol. The van der Waals surface area contributed by atoms with Gasteiger partial charge in [0.25, 0.3) is 0 Å². The van der Waals surface area contributed by atoms with E-state index >= 15 is 0 Å². The molecule has 0 unspecified atom stereocenters. The zero-order valence-electron chi connectivity index (χ0n) is 11.3. The van der Waals surface area contributed by atoms with Crippen LogP contribution in [0.3, 0.4) is 0 Å². The molecule has 0 radical (unpaired) electrons. The second-order valence-corrected chi connectivity index (χ2v) is 4.93. The van der Waals surface area contributed by atoms with Gasteiger partial charge in [-0.3, -0.25) is 0 Å². The van der Waals surface area contributed by atoms with Gasteiger partial charge < -0.3 is 4.84 Å². The Balaban J connectivity index is 1.90. The van der Waals surface area contributed by atoms with Gasteiger partial charge in [0, 0.05) is 10.6 Å². The third-order valence-electron chi connectivity index (χ3n) is 2.93. The fraction of sp³-hybridized carbons (Fsp3) is 0.0714. The van der Waals surface area contributed by atoms with E-state index in [9.17, 15) is 13.2 Å². The summed E-state index contributed by atoms with van der Waals surface area (Å²) in [6.07, 6.45) is -3.69. The number of hydrogen-bond acceptors (Lipinski definition) is 4. The second-order valence-electron chi connectivity index (χ2n) is 4.50. The summed E-state index contributed by atoms with van der Waals surface area (Å²) in [5.74, 6) is -0.557. The Bertz CT molecular complexity index is 806. The van der Waals surface area contributed by atoms with E-state index in [1.807, 2.05) is 0 Å². The topological polar surface area (TPSA) is 52.8 Å². The number of alkyl halides is 2. The quantitative estimate of drug-likeness (QED) is 0.731. The van der Waals surface area contributed by atoms with Crippen LogP contribution < -0.4 is 4.84 Å². The molecule has 5 nitrogen and oxygen atoms in total. The zero-order valence-corrected chi connectivity index (χ0v) is 12.1. The Hall–Kier alpha value is -2.61. The predicted molar refractivity (Wildman–Crippen MR) is 75.1 cm³/mol. The molecule has 118 valence electrons. The van der Waals surface area contributed by atoms with Crippen LogP contribution in [0.25, 0.3) is 11.4 Å². The summed E-state index contributed by atoms with van der Waals surface area (Å²) in [6.45, 7) is 0. The van der Waals surface area contributed by atoms with Gasteiger partial charge in [-0.2, -0.15) is 8.78 Å². The van der Waals surface area contributed by atoms with Crippen molar-refractivity contribution in [3.05, 3.63) is 64.9 Å². The number of halogens is 4. The second kappa shape index (κ2) is 5.88. The van der Waals surface area contributed by atoms with Crippen molar-refractivity contribution in [3.63, 3.8) is 0 Å². The van der Waals surface area contributed by atoms with Crippen LogP contribution in [0.4, 0.5) is 13.2 Å². The molecule has 3 aromatic rings. The summed E-state index contributed by atoms with van der Waals surface area (Å²) in [5.41, 5.74) is -0.0919. The third-order valence-corrected chi connectivity index (χ3v) is 3.18. The first-order chi connectivity index (χ1) is 11.0. The molecule has 0 atom stereocenters. The first-order valence-electron chi connectivity index (χ1n) is 6.33. The minimum atomic E-state index is -3.69. The molecular weight excluding hydrogens is 333 g/mol. The molecule has 0 aliphatic heterocycles. The molecule has 0 amide bonds. The smallest absolute Gasteiger partial charge is 0.316 e. The molecule has 2 aromatic carbocycles. The van der Waals surface area contributed by atoms with Crippen molar-refractivity contribution in [1.82, 2.24) is 20.4 Å². The van der Waals surface area contributed by atoms with E-state index in [-0.39, 0.29) is 5.82 Å². The largest absolute Gasteiger partial charge is 0.446 e. The number of benzene rings is 2. The SMILES string of the molecule is Fc1ccc(-c2nnnn2OC(F)(F)c2ccc(Cl)cc2)cc1. The Kier molecular flexibility index (Phi) is 3.91. The predicted octanol–water partition coefficient (Wildman–Crippen LogP) is 3.31. The standard InChI is InChI=1S/C14H8ClF3N4O/c15-11-5-3-10(4-6-11)14(17,18)23-22-13(19-20-21-22)9-1-7-12(16)8-2-9/h1-8H. The maximum atomic E-state index is 14.2. The Morgan fingerprint density at radius 3 is 2.30 bits per heavy atom. The highest BCUT2D eigenvalue weighted by atomic mass is 35.5. The minimum absolute atomic E-state index is 0.0846. The van der Waals surface area contributed by atoms with Crippen LogP contribution >= 0.6 is 11.6 Å². The summed E-state index contributed by atoms with van der Waals surface area (Å²) >= 11 is 5.67. The molecule has 1 aromatic heterocycles. The maximum Gasteiger partial charge on any atom is 0.446 e. The van der Waals surface area contributed by atoms with Crippen LogP contribution in [0.2, 0.25) is 5.02 Å². The molecule has 23 heavy (non-hydrogen) atoms. The molecule has 0 saturated carbocycles. The Morgan fingerprint density at radius 1 is 1.00 bits per heavy atom. The first-order valence-corrected chi connectivity index (χ1v) is 6.71. The van der Waals surface area contributed by atoms with Crippen molar-refractivity contribution >= 4 is 11.6 Å². The highest BCUT2D eigenvalue weighted by Crippen LogP contribution is 2.28. The Morgan fingerprint density at radius 2 is 1.65 bits per heavy atom. The van der Waals surface area contributed by atoms with E-state index in [0.29, 0.717) is 15.4 Å². The van der Waals surface area contributed by atoms with E-state index < -0.39 is 17.5 Å². The lowest BCUT2D eigenvalue weighted by Gasteiger charge is -2.17. The number of tetrazole rings is 1. The van der Waals surface area contributed by atoms with Crippen LogP contribution in [0, 0.1) is 5.82 Å². The van der Waals surface area contributed by atoms with Gasteiger partial charge in [0.05, 0.1) is 5.56 Å². The Labute approximate surface area is 133 Å². The average molecular weight is 341 g/mol. The van der Waals surface area contributed by atoms with E-state index in [2.05, 4.69) is 20.4 Å². The maximum absolute atomic E-state index is 14.2.